The van der Waals surface area contributed by atoms with Crippen molar-refractivity contribution in [3.8, 4) is 5.75 Å². The number of anilines is 1. The van der Waals surface area contributed by atoms with Crippen molar-refractivity contribution in [3.63, 3.8) is 0 Å². The van der Waals surface area contributed by atoms with Gasteiger partial charge in [-0.2, -0.15) is 0 Å². The molecule has 0 saturated carbocycles. The number of aryl methyl sites for hydroxylation is 3. The molecule has 6 nitrogen and oxygen atoms in total. The van der Waals surface area contributed by atoms with Gasteiger partial charge in [-0.1, -0.05) is 61.5 Å². The molecule has 1 atom stereocenters. The van der Waals surface area contributed by atoms with Gasteiger partial charge in [-0.25, -0.2) is 0 Å². The number of nitrogens with one attached hydrogen (secondary N) is 1. The van der Waals surface area contributed by atoms with Gasteiger partial charge in [0, 0.05) is 12.2 Å². The molecule has 8 heteroatoms. The zero-order valence-corrected chi connectivity index (χ0v) is 21.4. The van der Waals surface area contributed by atoms with E-state index in [1.807, 2.05) is 49.6 Å². The molecule has 176 valence electrons. The minimum atomic E-state index is -0.344. The van der Waals surface area contributed by atoms with Crippen LogP contribution in [-0.4, -0.2) is 26.4 Å². The fourth-order valence-corrected chi connectivity index (χ4v) is 4.63. The molecule has 2 aromatic carbocycles. The van der Waals surface area contributed by atoms with Gasteiger partial charge in [0.05, 0.1) is 10.8 Å². The summed E-state index contributed by atoms with van der Waals surface area (Å²) in [5.41, 5.74) is 4.29. The first-order valence-electron chi connectivity index (χ1n) is 11.3. The molecular weight excluding hydrogens is 456 g/mol. The Bertz CT molecular complexity index is 1090. The number of benzene rings is 2. The largest absolute Gasteiger partial charge is 0.481 e. The maximum Gasteiger partial charge on any atom is 0.234 e. The van der Waals surface area contributed by atoms with Crippen molar-refractivity contribution in [2.75, 3.05) is 11.1 Å². The van der Waals surface area contributed by atoms with Crippen molar-refractivity contribution >= 4 is 35.0 Å². The molecule has 1 heterocycles. The van der Waals surface area contributed by atoms with Crippen LogP contribution in [0.3, 0.4) is 0 Å². The predicted molar refractivity (Wildman–Crippen MR) is 135 cm³/mol. The average molecular weight is 487 g/mol. The Morgan fingerprint density at radius 2 is 1.85 bits per heavy atom. The maximum absolute atomic E-state index is 12.7. The number of ether oxygens (including phenoxy) is 1. The molecule has 33 heavy (non-hydrogen) atoms. The van der Waals surface area contributed by atoms with E-state index in [1.54, 1.807) is 0 Å². The van der Waals surface area contributed by atoms with Crippen molar-refractivity contribution in [1.82, 2.24) is 14.8 Å². The summed E-state index contributed by atoms with van der Waals surface area (Å²) in [6.45, 7) is 10.8. The van der Waals surface area contributed by atoms with Crippen LogP contribution in [0.2, 0.25) is 5.02 Å². The summed E-state index contributed by atoms with van der Waals surface area (Å²) >= 11 is 7.66. The summed E-state index contributed by atoms with van der Waals surface area (Å²) in [6, 6.07) is 11.8. The highest BCUT2D eigenvalue weighted by Gasteiger charge is 2.20. The minimum Gasteiger partial charge on any atom is -0.481 e. The molecule has 1 aromatic heterocycles. The van der Waals surface area contributed by atoms with Crippen LogP contribution in [0.4, 0.5) is 5.69 Å². The van der Waals surface area contributed by atoms with E-state index in [0.29, 0.717) is 28.3 Å². The standard InChI is InChI=1S/C25H31ClN4O2S/c1-6-18-10-9-11-19(7-2)23(18)27-22(31)15-33-25-29-28-24(30(25)8-3)17(5)32-21-14-16(4)12-13-20(21)26/h9-14,17H,6-8,15H2,1-5H3,(H,27,31). The van der Waals surface area contributed by atoms with Crippen molar-refractivity contribution in [2.24, 2.45) is 0 Å². The second-order valence-electron chi connectivity index (χ2n) is 7.77. The first-order valence-corrected chi connectivity index (χ1v) is 12.6. The SMILES string of the molecule is CCc1cccc(CC)c1NC(=O)CSc1nnc(C(C)Oc2cc(C)ccc2Cl)n1CC. The monoisotopic (exact) mass is 486 g/mol. The van der Waals surface area contributed by atoms with Gasteiger partial charge in [0.1, 0.15) is 5.75 Å². The summed E-state index contributed by atoms with van der Waals surface area (Å²) < 4.78 is 8.06. The number of hydrogen-bond donors (Lipinski definition) is 1. The summed E-state index contributed by atoms with van der Waals surface area (Å²) in [7, 11) is 0. The quantitative estimate of drug-likeness (QED) is 0.343. The van der Waals surface area contributed by atoms with Crippen LogP contribution in [0, 0.1) is 6.92 Å². The Morgan fingerprint density at radius 1 is 1.15 bits per heavy atom. The van der Waals surface area contributed by atoms with Crippen LogP contribution in [-0.2, 0) is 24.2 Å². The van der Waals surface area contributed by atoms with Crippen molar-refractivity contribution in [2.45, 2.75) is 65.3 Å². The molecule has 0 saturated heterocycles. The summed E-state index contributed by atoms with van der Waals surface area (Å²) in [6.07, 6.45) is 1.39. The fourth-order valence-electron chi connectivity index (χ4n) is 3.66. The van der Waals surface area contributed by atoms with E-state index < -0.39 is 0 Å². The Kier molecular flexibility index (Phi) is 8.80. The van der Waals surface area contributed by atoms with E-state index in [2.05, 4.69) is 41.5 Å². The molecule has 0 fully saturated rings. The fraction of sp³-hybridized carbons (Fsp3) is 0.400. The van der Waals surface area contributed by atoms with Gasteiger partial charge in [-0.3, -0.25) is 4.79 Å². The van der Waals surface area contributed by atoms with Gasteiger partial charge < -0.3 is 14.6 Å². The smallest absolute Gasteiger partial charge is 0.234 e. The third-order valence-electron chi connectivity index (χ3n) is 5.41. The number of nitrogens with zero attached hydrogens (tertiary/aromatic N) is 3. The van der Waals surface area contributed by atoms with Gasteiger partial charge in [0.2, 0.25) is 5.91 Å². The molecule has 1 unspecified atom stereocenters. The first kappa shape index (κ1) is 25.1. The second kappa shape index (κ2) is 11.6. The van der Waals surface area contributed by atoms with E-state index >= 15 is 0 Å². The lowest BCUT2D eigenvalue weighted by atomic mass is 10.0. The highest BCUT2D eigenvalue weighted by Crippen LogP contribution is 2.31. The molecular formula is C25H31ClN4O2S. The number of thioether (sulfide) groups is 1. The lowest BCUT2D eigenvalue weighted by Gasteiger charge is -2.17. The van der Waals surface area contributed by atoms with E-state index in [9.17, 15) is 4.79 Å². The van der Waals surface area contributed by atoms with Crippen LogP contribution in [0.1, 0.15) is 56.3 Å². The lowest BCUT2D eigenvalue weighted by molar-refractivity contribution is -0.113. The Balaban J connectivity index is 1.69. The van der Waals surface area contributed by atoms with E-state index in [1.165, 1.54) is 11.8 Å². The predicted octanol–water partition coefficient (Wildman–Crippen LogP) is 6.26. The van der Waals surface area contributed by atoms with E-state index in [-0.39, 0.29) is 17.8 Å². The van der Waals surface area contributed by atoms with E-state index in [0.717, 1.165) is 35.2 Å². The van der Waals surface area contributed by atoms with Crippen LogP contribution in [0.5, 0.6) is 5.75 Å². The summed E-state index contributed by atoms with van der Waals surface area (Å²) in [5, 5.41) is 13.0. The molecule has 0 aliphatic carbocycles. The summed E-state index contributed by atoms with van der Waals surface area (Å²) in [5.74, 6) is 1.50. The number of carbonyl (C=O) groups excluding carboxylic acids is 1. The molecule has 0 aliphatic rings. The number of aromatic nitrogens is 3. The van der Waals surface area contributed by atoms with Crippen molar-refractivity contribution in [1.29, 1.82) is 0 Å². The second-order valence-corrected chi connectivity index (χ2v) is 9.12. The van der Waals surface area contributed by atoms with Crippen LogP contribution >= 0.6 is 23.4 Å². The molecule has 0 radical (unpaired) electrons. The first-order chi connectivity index (χ1) is 15.9. The summed E-state index contributed by atoms with van der Waals surface area (Å²) in [4.78, 5) is 12.7. The third kappa shape index (κ3) is 6.09. The van der Waals surface area contributed by atoms with Crippen LogP contribution < -0.4 is 10.1 Å². The zero-order valence-electron chi connectivity index (χ0n) is 19.8. The van der Waals surface area contributed by atoms with Gasteiger partial charge >= 0.3 is 0 Å². The lowest BCUT2D eigenvalue weighted by Crippen LogP contribution is -2.17. The molecule has 0 aliphatic heterocycles. The average Bonchev–Trinajstić information content (AvgIpc) is 3.23. The third-order valence-corrected chi connectivity index (χ3v) is 6.69. The Morgan fingerprint density at radius 3 is 2.48 bits per heavy atom. The van der Waals surface area contributed by atoms with Gasteiger partial charge in [-0.05, 0) is 62.4 Å². The zero-order chi connectivity index (χ0) is 24.0. The molecule has 3 rings (SSSR count). The van der Waals surface area contributed by atoms with E-state index in [4.69, 9.17) is 16.3 Å². The number of hydrogen-bond acceptors (Lipinski definition) is 5. The van der Waals surface area contributed by atoms with Crippen molar-refractivity contribution in [3.05, 3.63) is 63.9 Å². The number of halogens is 1. The molecule has 3 aromatic rings. The van der Waals surface area contributed by atoms with Gasteiger partial charge in [0.15, 0.2) is 17.1 Å². The number of carbonyl (C=O) groups is 1. The van der Waals surface area contributed by atoms with Crippen LogP contribution in [0.15, 0.2) is 41.6 Å². The minimum absolute atomic E-state index is 0.0568. The highest BCUT2D eigenvalue weighted by molar-refractivity contribution is 7.99. The van der Waals surface area contributed by atoms with Crippen LogP contribution in [0.25, 0.3) is 0 Å². The Labute approximate surface area is 205 Å². The molecule has 0 spiro atoms. The maximum atomic E-state index is 12.7. The van der Waals surface area contributed by atoms with Gasteiger partial charge in [-0.15, -0.1) is 10.2 Å². The van der Waals surface area contributed by atoms with Gasteiger partial charge in [0.25, 0.3) is 0 Å². The number of para-hydroxylation sites is 1. The Hall–Kier alpha value is -2.51. The molecule has 0 bridgehead atoms. The topological polar surface area (TPSA) is 69.0 Å². The number of amides is 1. The highest BCUT2D eigenvalue weighted by atomic mass is 35.5. The van der Waals surface area contributed by atoms with Crippen molar-refractivity contribution < 1.29 is 9.53 Å². The number of rotatable bonds is 10. The molecule has 1 amide bonds. The normalized spacial score (nSPS) is 11.9. The molecule has 1 N–H and O–H groups in total.